The van der Waals surface area contributed by atoms with Gasteiger partial charge in [0, 0.05) is 24.9 Å². The summed E-state index contributed by atoms with van der Waals surface area (Å²) in [5.74, 6) is 0.0203. The number of carbonyl (C=O) groups excluding carboxylic acids is 1. The van der Waals surface area contributed by atoms with Crippen LogP contribution in [0, 0.1) is 5.92 Å². The molecule has 0 bridgehead atoms. The highest BCUT2D eigenvalue weighted by atomic mass is 32.2. The van der Waals surface area contributed by atoms with Gasteiger partial charge in [-0.15, -0.1) is 5.10 Å². The van der Waals surface area contributed by atoms with E-state index in [0.717, 1.165) is 18.4 Å². The van der Waals surface area contributed by atoms with E-state index in [1.54, 1.807) is 33.4 Å². The normalized spacial score (nSPS) is 17.3. The molecule has 1 saturated heterocycles. The van der Waals surface area contributed by atoms with E-state index in [2.05, 4.69) is 22.6 Å². The Hall–Kier alpha value is -3.30. The summed E-state index contributed by atoms with van der Waals surface area (Å²) < 4.78 is 29.0. The van der Waals surface area contributed by atoms with Gasteiger partial charge >= 0.3 is 0 Å². The number of anilines is 1. The van der Waals surface area contributed by atoms with Crippen LogP contribution in [0.4, 0.5) is 5.69 Å². The van der Waals surface area contributed by atoms with Crippen LogP contribution in [0.15, 0.2) is 71.8 Å². The molecule has 0 saturated carbocycles. The molecule has 4 rings (SSSR count). The van der Waals surface area contributed by atoms with Gasteiger partial charge in [-0.1, -0.05) is 42.5 Å². The molecule has 1 atom stereocenters. The van der Waals surface area contributed by atoms with E-state index in [9.17, 15) is 13.2 Å². The first-order valence-electron chi connectivity index (χ1n) is 10.9. The summed E-state index contributed by atoms with van der Waals surface area (Å²) in [4.78, 5) is 12.5. The lowest BCUT2D eigenvalue weighted by Gasteiger charge is -2.30. The van der Waals surface area contributed by atoms with Crippen molar-refractivity contribution in [3.8, 4) is 0 Å². The zero-order chi connectivity index (χ0) is 23.3. The standard InChI is InChI=1S/C24H27N5O3S/c1-19-6-5-15-29(16-19)33(31,32)23-12-9-21(10-13-23)25-24(30)14-11-22-18-28(27-26-22)17-20-7-3-2-4-8-20/h2-4,7-14,18-19H,5-6,15-17H2,1H3,(H,25,30)/b14-11+. The van der Waals surface area contributed by atoms with Crippen LogP contribution in [0.25, 0.3) is 6.08 Å². The van der Waals surface area contributed by atoms with Crippen LogP contribution in [0.5, 0.6) is 0 Å². The summed E-state index contributed by atoms with van der Waals surface area (Å²) in [6.45, 7) is 3.75. The van der Waals surface area contributed by atoms with E-state index >= 15 is 0 Å². The second-order valence-corrected chi connectivity index (χ2v) is 10.2. The summed E-state index contributed by atoms with van der Waals surface area (Å²) in [6, 6.07) is 16.2. The zero-order valence-electron chi connectivity index (χ0n) is 18.5. The molecule has 1 aliphatic rings. The molecule has 2 aromatic carbocycles. The Balaban J connectivity index is 1.34. The van der Waals surface area contributed by atoms with Crippen molar-refractivity contribution in [2.75, 3.05) is 18.4 Å². The first kappa shape index (κ1) is 22.9. The van der Waals surface area contributed by atoms with Gasteiger partial charge < -0.3 is 5.32 Å². The number of benzene rings is 2. The highest BCUT2D eigenvalue weighted by Gasteiger charge is 2.28. The van der Waals surface area contributed by atoms with Gasteiger partial charge in [-0.2, -0.15) is 4.31 Å². The maximum Gasteiger partial charge on any atom is 0.248 e. The van der Waals surface area contributed by atoms with E-state index in [0.29, 0.717) is 36.9 Å². The predicted molar refractivity (Wildman–Crippen MR) is 127 cm³/mol. The second kappa shape index (κ2) is 10.1. The largest absolute Gasteiger partial charge is 0.323 e. The quantitative estimate of drug-likeness (QED) is 0.540. The van der Waals surface area contributed by atoms with Crippen LogP contribution in [0.3, 0.4) is 0 Å². The second-order valence-electron chi connectivity index (χ2n) is 8.28. The summed E-state index contributed by atoms with van der Waals surface area (Å²) >= 11 is 0. The van der Waals surface area contributed by atoms with Crippen LogP contribution < -0.4 is 5.32 Å². The monoisotopic (exact) mass is 465 g/mol. The average Bonchev–Trinajstić information content (AvgIpc) is 3.26. The van der Waals surface area contributed by atoms with Gasteiger partial charge in [0.25, 0.3) is 0 Å². The smallest absolute Gasteiger partial charge is 0.248 e. The third-order valence-electron chi connectivity index (χ3n) is 5.53. The van der Waals surface area contributed by atoms with Crippen molar-refractivity contribution < 1.29 is 13.2 Å². The number of rotatable bonds is 7. The topological polar surface area (TPSA) is 97.2 Å². The van der Waals surface area contributed by atoms with Gasteiger partial charge in [-0.3, -0.25) is 4.79 Å². The average molecular weight is 466 g/mol. The number of piperidine rings is 1. The van der Waals surface area contributed by atoms with Crippen LogP contribution in [-0.2, 0) is 21.4 Å². The SMILES string of the molecule is CC1CCCN(S(=O)(=O)c2ccc(NC(=O)/C=C/c3cn(Cc4ccccc4)nn3)cc2)C1. The van der Waals surface area contributed by atoms with Crippen LogP contribution in [0.2, 0.25) is 0 Å². The van der Waals surface area contributed by atoms with Crippen molar-refractivity contribution in [1.29, 1.82) is 0 Å². The Kier molecular flexibility index (Phi) is 7.00. The Labute approximate surface area is 194 Å². The maximum atomic E-state index is 12.9. The predicted octanol–water partition coefficient (Wildman–Crippen LogP) is 3.40. The molecule has 0 aliphatic carbocycles. The molecule has 1 unspecified atom stereocenters. The van der Waals surface area contributed by atoms with E-state index in [4.69, 9.17) is 0 Å². The van der Waals surface area contributed by atoms with Gasteiger partial charge in [0.2, 0.25) is 15.9 Å². The molecule has 33 heavy (non-hydrogen) atoms. The Bertz CT molecular complexity index is 1220. The summed E-state index contributed by atoms with van der Waals surface area (Å²) in [7, 11) is -3.52. The molecule has 8 nitrogen and oxygen atoms in total. The Morgan fingerprint density at radius 2 is 1.91 bits per heavy atom. The van der Waals surface area contributed by atoms with Gasteiger partial charge in [0.1, 0.15) is 5.69 Å². The molecule has 0 spiro atoms. The number of nitrogens with one attached hydrogen (secondary N) is 1. The summed E-state index contributed by atoms with van der Waals surface area (Å²) in [5, 5.41) is 10.9. The van der Waals surface area contributed by atoms with Crippen molar-refractivity contribution in [3.63, 3.8) is 0 Å². The highest BCUT2D eigenvalue weighted by molar-refractivity contribution is 7.89. The first-order chi connectivity index (χ1) is 15.9. The molecule has 9 heteroatoms. The van der Waals surface area contributed by atoms with Crippen LogP contribution in [-0.4, -0.2) is 46.7 Å². The van der Waals surface area contributed by atoms with Crippen molar-refractivity contribution in [1.82, 2.24) is 19.3 Å². The Morgan fingerprint density at radius 1 is 1.15 bits per heavy atom. The van der Waals surface area contributed by atoms with E-state index in [1.165, 1.54) is 18.2 Å². The fourth-order valence-electron chi connectivity index (χ4n) is 3.81. The number of hydrogen-bond acceptors (Lipinski definition) is 5. The minimum Gasteiger partial charge on any atom is -0.323 e. The number of carbonyl (C=O) groups is 1. The van der Waals surface area contributed by atoms with Crippen molar-refractivity contribution in [2.24, 2.45) is 5.92 Å². The van der Waals surface area contributed by atoms with Crippen LogP contribution >= 0.6 is 0 Å². The van der Waals surface area contributed by atoms with Gasteiger partial charge in [0.15, 0.2) is 0 Å². The summed E-state index contributed by atoms with van der Waals surface area (Å²) in [6.07, 6.45) is 6.64. The lowest BCUT2D eigenvalue weighted by atomic mass is 10.0. The van der Waals surface area contributed by atoms with E-state index in [1.807, 2.05) is 30.3 Å². The molecule has 0 radical (unpaired) electrons. The lowest BCUT2D eigenvalue weighted by Crippen LogP contribution is -2.39. The molecule has 1 aliphatic heterocycles. The van der Waals surface area contributed by atoms with Gasteiger partial charge in [-0.05, 0) is 54.7 Å². The number of amides is 1. The fraction of sp³-hybridized carbons (Fsp3) is 0.292. The lowest BCUT2D eigenvalue weighted by molar-refractivity contribution is -0.111. The first-order valence-corrected chi connectivity index (χ1v) is 12.4. The van der Waals surface area contributed by atoms with Crippen molar-refractivity contribution >= 4 is 27.7 Å². The molecule has 3 aromatic rings. The summed E-state index contributed by atoms with van der Waals surface area (Å²) in [5.41, 5.74) is 2.19. The molecule has 1 amide bonds. The van der Waals surface area contributed by atoms with E-state index < -0.39 is 10.0 Å². The minimum atomic E-state index is -3.52. The maximum absolute atomic E-state index is 12.9. The third kappa shape index (κ3) is 5.94. The highest BCUT2D eigenvalue weighted by Crippen LogP contribution is 2.24. The van der Waals surface area contributed by atoms with Crippen LogP contribution in [0.1, 0.15) is 31.0 Å². The van der Waals surface area contributed by atoms with Gasteiger partial charge in [-0.25, -0.2) is 13.1 Å². The van der Waals surface area contributed by atoms with Crippen molar-refractivity contribution in [3.05, 3.63) is 78.1 Å². The Morgan fingerprint density at radius 3 is 2.64 bits per heavy atom. The molecule has 2 heterocycles. The zero-order valence-corrected chi connectivity index (χ0v) is 19.3. The van der Waals surface area contributed by atoms with Crippen molar-refractivity contribution in [2.45, 2.75) is 31.2 Å². The molecule has 172 valence electrons. The fourth-order valence-corrected chi connectivity index (χ4v) is 5.40. The number of hydrogen-bond donors (Lipinski definition) is 1. The number of nitrogens with zero attached hydrogens (tertiary/aromatic N) is 4. The van der Waals surface area contributed by atoms with E-state index in [-0.39, 0.29) is 10.8 Å². The molecule has 1 N–H and O–H groups in total. The molecule has 1 fully saturated rings. The molecular formula is C24H27N5O3S. The number of aromatic nitrogens is 3. The molecular weight excluding hydrogens is 438 g/mol. The number of sulfonamides is 1. The molecule has 1 aromatic heterocycles. The minimum absolute atomic E-state index is 0.236. The van der Waals surface area contributed by atoms with Gasteiger partial charge in [0.05, 0.1) is 17.6 Å². The third-order valence-corrected chi connectivity index (χ3v) is 7.41.